The smallest absolute Gasteiger partial charge is 0.0811 e. The van der Waals surface area contributed by atoms with Gasteiger partial charge in [-0.25, -0.2) is 0 Å². The van der Waals surface area contributed by atoms with Crippen molar-refractivity contribution in [3.05, 3.63) is 71.9 Å². The zero-order valence-corrected chi connectivity index (χ0v) is 21.0. The van der Waals surface area contributed by atoms with Crippen LogP contribution >= 0.6 is 0 Å². The van der Waals surface area contributed by atoms with Gasteiger partial charge in [-0.1, -0.05) is 74.6 Å². The van der Waals surface area contributed by atoms with Gasteiger partial charge in [-0.2, -0.15) is 0 Å². The SMILES string of the molecule is C=C1/C(=C\C=C2/CCC[C@]3(C)[C@@H]([C@H](C)/C=C/C=C/C=C/C(C)(C)O)CC[C@@H]23)C[C@@H](O)C[C@@H]1O. The number of rotatable bonds is 6. The van der Waals surface area contributed by atoms with Gasteiger partial charge >= 0.3 is 0 Å². The van der Waals surface area contributed by atoms with Gasteiger partial charge in [0.25, 0.3) is 0 Å². The van der Waals surface area contributed by atoms with Crippen LogP contribution in [-0.2, 0) is 0 Å². The van der Waals surface area contributed by atoms with Crippen LogP contribution in [0.1, 0.15) is 72.6 Å². The molecule has 0 amide bonds. The van der Waals surface area contributed by atoms with Gasteiger partial charge in [0.05, 0.1) is 17.8 Å². The van der Waals surface area contributed by atoms with Gasteiger partial charge in [-0.3, -0.25) is 0 Å². The molecule has 0 spiro atoms. The summed E-state index contributed by atoms with van der Waals surface area (Å²) in [6, 6.07) is 0. The summed E-state index contributed by atoms with van der Waals surface area (Å²) in [7, 11) is 0. The molecule has 0 saturated heterocycles. The number of aliphatic hydroxyl groups excluding tert-OH is 2. The maximum Gasteiger partial charge on any atom is 0.0811 e. The molecule has 3 heteroatoms. The molecule has 0 unspecified atom stereocenters. The Labute approximate surface area is 201 Å². The molecule has 0 aromatic carbocycles. The maximum absolute atomic E-state index is 10.1. The third-order valence-electron chi connectivity index (χ3n) is 8.19. The van der Waals surface area contributed by atoms with Crippen molar-refractivity contribution in [3.63, 3.8) is 0 Å². The number of hydrogen-bond acceptors (Lipinski definition) is 3. The topological polar surface area (TPSA) is 60.7 Å². The molecule has 3 aliphatic carbocycles. The first-order valence-corrected chi connectivity index (χ1v) is 12.7. The van der Waals surface area contributed by atoms with Crippen LogP contribution in [0.15, 0.2) is 71.9 Å². The van der Waals surface area contributed by atoms with E-state index in [2.05, 4.69) is 44.7 Å². The molecule has 0 aliphatic heterocycles. The zero-order chi connectivity index (χ0) is 24.2. The Hall–Kier alpha value is -1.68. The van der Waals surface area contributed by atoms with Gasteiger partial charge in [-0.15, -0.1) is 0 Å². The standard InChI is InChI=1S/C30H44O3/c1-21(11-8-6-7-9-17-29(3,4)33)26-15-16-27-23(12-10-18-30(26,27)5)13-14-24-19-25(31)20-28(32)22(24)2/h6-9,11,13-14,17,21,25-28,31-33H,2,10,12,15-16,18-20H2,1,3-5H3/b7-6+,11-8+,17-9+,23-13+,24-14-/t21-,25-,26-,27+,28+,30-/m1/s1. The van der Waals surface area contributed by atoms with Crippen molar-refractivity contribution < 1.29 is 15.3 Å². The summed E-state index contributed by atoms with van der Waals surface area (Å²) >= 11 is 0. The third kappa shape index (κ3) is 6.47. The minimum absolute atomic E-state index is 0.319. The second kappa shape index (κ2) is 10.7. The molecule has 182 valence electrons. The van der Waals surface area contributed by atoms with E-state index < -0.39 is 17.8 Å². The zero-order valence-electron chi connectivity index (χ0n) is 21.0. The Kier molecular flexibility index (Phi) is 8.42. The molecule has 3 rings (SSSR count). The molecule has 3 saturated carbocycles. The average molecular weight is 453 g/mol. The Bertz CT molecular complexity index is 850. The molecule has 0 heterocycles. The minimum Gasteiger partial charge on any atom is -0.393 e. The van der Waals surface area contributed by atoms with Gasteiger partial charge in [0.2, 0.25) is 0 Å². The van der Waals surface area contributed by atoms with E-state index in [1.165, 1.54) is 31.3 Å². The van der Waals surface area contributed by atoms with Crippen molar-refractivity contribution in [3.8, 4) is 0 Å². The molecule has 33 heavy (non-hydrogen) atoms. The monoisotopic (exact) mass is 452 g/mol. The van der Waals surface area contributed by atoms with Crippen molar-refractivity contribution >= 4 is 0 Å². The van der Waals surface area contributed by atoms with E-state index in [9.17, 15) is 15.3 Å². The molecule has 6 atom stereocenters. The second-order valence-electron chi connectivity index (χ2n) is 11.3. The summed E-state index contributed by atoms with van der Waals surface area (Å²) in [5.41, 5.74) is 2.84. The molecule has 0 aromatic heterocycles. The van der Waals surface area contributed by atoms with Crippen molar-refractivity contribution in [2.24, 2.45) is 23.2 Å². The van der Waals surface area contributed by atoms with Crippen LogP contribution in [0.2, 0.25) is 0 Å². The highest BCUT2D eigenvalue weighted by molar-refractivity contribution is 5.38. The van der Waals surface area contributed by atoms with E-state index >= 15 is 0 Å². The predicted molar refractivity (Wildman–Crippen MR) is 138 cm³/mol. The summed E-state index contributed by atoms with van der Waals surface area (Å²) in [5.74, 6) is 1.80. The minimum atomic E-state index is -0.777. The van der Waals surface area contributed by atoms with E-state index in [1.54, 1.807) is 19.9 Å². The molecule has 0 bridgehead atoms. The van der Waals surface area contributed by atoms with Crippen LogP contribution in [0, 0.1) is 23.2 Å². The summed E-state index contributed by atoms with van der Waals surface area (Å²) < 4.78 is 0. The van der Waals surface area contributed by atoms with Gasteiger partial charge in [0.1, 0.15) is 0 Å². The van der Waals surface area contributed by atoms with Gasteiger partial charge in [0.15, 0.2) is 0 Å². The molecule has 0 radical (unpaired) electrons. The molecule has 3 fully saturated rings. The average Bonchev–Trinajstić information content (AvgIpc) is 3.08. The number of allylic oxidation sites excluding steroid dienone is 8. The second-order valence-corrected chi connectivity index (χ2v) is 11.3. The molecule has 3 aliphatic rings. The lowest BCUT2D eigenvalue weighted by atomic mass is 9.61. The molecule has 3 N–H and O–H groups in total. The Morgan fingerprint density at radius 2 is 1.82 bits per heavy atom. The highest BCUT2D eigenvalue weighted by Gasteiger charge is 2.50. The lowest BCUT2D eigenvalue weighted by molar-refractivity contribution is 0.0862. The lowest BCUT2D eigenvalue weighted by Gasteiger charge is -2.44. The van der Waals surface area contributed by atoms with Crippen molar-refractivity contribution in [2.75, 3.05) is 0 Å². The summed E-state index contributed by atoms with van der Waals surface area (Å²) in [6.45, 7) is 12.5. The number of hydrogen-bond donors (Lipinski definition) is 3. The van der Waals surface area contributed by atoms with Crippen molar-refractivity contribution in [1.82, 2.24) is 0 Å². The fraction of sp³-hybridized carbons (Fsp3) is 0.600. The predicted octanol–water partition coefficient (Wildman–Crippen LogP) is 6.20. The van der Waals surface area contributed by atoms with Crippen LogP contribution < -0.4 is 0 Å². The van der Waals surface area contributed by atoms with E-state index in [0.29, 0.717) is 36.0 Å². The molecular formula is C30H44O3. The Morgan fingerprint density at radius 3 is 2.55 bits per heavy atom. The summed E-state index contributed by atoms with van der Waals surface area (Å²) in [6.07, 6.45) is 22.6. The first kappa shape index (κ1) is 25.9. The van der Waals surface area contributed by atoms with Crippen LogP contribution in [0.3, 0.4) is 0 Å². The van der Waals surface area contributed by atoms with E-state index in [1.807, 2.05) is 18.2 Å². The summed E-state index contributed by atoms with van der Waals surface area (Å²) in [4.78, 5) is 0. The summed E-state index contributed by atoms with van der Waals surface area (Å²) in [5, 5.41) is 29.9. The van der Waals surface area contributed by atoms with Gasteiger partial charge in [0, 0.05) is 6.42 Å². The highest BCUT2D eigenvalue weighted by Crippen LogP contribution is 2.59. The Morgan fingerprint density at radius 1 is 1.09 bits per heavy atom. The number of aliphatic hydroxyl groups is 3. The normalized spacial score (nSPS) is 37.1. The van der Waals surface area contributed by atoms with E-state index in [-0.39, 0.29) is 0 Å². The largest absolute Gasteiger partial charge is 0.393 e. The maximum atomic E-state index is 10.1. The third-order valence-corrected chi connectivity index (χ3v) is 8.19. The first-order valence-electron chi connectivity index (χ1n) is 12.7. The molecule has 0 aromatic rings. The lowest BCUT2D eigenvalue weighted by Crippen LogP contribution is -2.35. The first-order chi connectivity index (χ1) is 15.5. The number of fused-ring (bicyclic) bond motifs is 1. The van der Waals surface area contributed by atoms with Gasteiger partial charge in [-0.05, 0) is 86.7 Å². The van der Waals surface area contributed by atoms with Crippen molar-refractivity contribution in [1.29, 1.82) is 0 Å². The quantitative estimate of drug-likeness (QED) is 0.420. The van der Waals surface area contributed by atoms with Gasteiger partial charge < -0.3 is 15.3 Å². The Balaban J connectivity index is 1.69. The van der Waals surface area contributed by atoms with E-state index in [0.717, 1.165) is 17.6 Å². The molecular weight excluding hydrogens is 408 g/mol. The van der Waals surface area contributed by atoms with Crippen LogP contribution in [-0.4, -0.2) is 33.1 Å². The van der Waals surface area contributed by atoms with Crippen LogP contribution in [0.25, 0.3) is 0 Å². The van der Waals surface area contributed by atoms with E-state index in [4.69, 9.17) is 0 Å². The fourth-order valence-electron chi connectivity index (χ4n) is 6.40. The van der Waals surface area contributed by atoms with Crippen LogP contribution in [0.4, 0.5) is 0 Å². The van der Waals surface area contributed by atoms with Crippen molar-refractivity contribution in [2.45, 2.75) is 90.4 Å². The van der Waals surface area contributed by atoms with Crippen LogP contribution in [0.5, 0.6) is 0 Å². The molecule has 3 nitrogen and oxygen atoms in total. The highest BCUT2D eigenvalue weighted by atomic mass is 16.3. The fourth-order valence-corrected chi connectivity index (χ4v) is 6.40.